The maximum absolute atomic E-state index is 13.1. The molecule has 0 aliphatic heterocycles. The number of nitrogens with zero attached hydrogens (tertiary/aromatic N) is 5. The van der Waals surface area contributed by atoms with Gasteiger partial charge in [-0.1, -0.05) is 37.2 Å². The van der Waals surface area contributed by atoms with Crippen LogP contribution in [0.2, 0.25) is 5.02 Å². The Bertz CT molecular complexity index is 1370. The Morgan fingerprint density at radius 1 is 1.18 bits per heavy atom. The topological polar surface area (TPSA) is 117 Å². The minimum atomic E-state index is -0.470. The van der Waals surface area contributed by atoms with Gasteiger partial charge in [0.2, 0.25) is 11.8 Å². The third-order valence-corrected chi connectivity index (χ3v) is 6.13. The van der Waals surface area contributed by atoms with Crippen molar-refractivity contribution < 1.29 is 9.34 Å². The first-order valence-corrected chi connectivity index (χ1v) is 11.6. The van der Waals surface area contributed by atoms with E-state index in [0.717, 1.165) is 6.42 Å². The highest BCUT2D eigenvalue weighted by molar-refractivity contribution is 7.98. The lowest BCUT2D eigenvalue weighted by Gasteiger charge is -2.13. The fraction of sp³-hybridized carbons (Fsp3) is 0.273. The highest BCUT2D eigenvalue weighted by atomic mass is 35.5. The number of nitro benzene ring substituents is 1. The standard InChI is InChI=1S/C22H20ClN5O4S/c1-13(2)9-10-27-21(29)17-8-5-15(23)11-18(17)24-22(27)33-12-19-25-26-20(32-19)14-3-6-16(7-4-14)28(30)31/h3-8,11,13H,9-10,12H2,1-2H3. The molecule has 0 saturated heterocycles. The molecule has 170 valence electrons. The molecule has 4 rings (SSSR count). The van der Waals surface area contributed by atoms with Crippen molar-refractivity contribution in [3.8, 4) is 11.5 Å². The van der Waals surface area contributed by atoms with Gasteiger partial charge in [0, 0.05) is 29.3 Å². The molecule has 2 aromatic carbocycles. The Labute approximate surface area is 198 Å². The molecule has 0 saturated carbocycles. The molecule has 2 heterocycles. The maximum Gasteiger partial charge on any atom is 0.269 e. The van der Waals surface area contributed by atoms with E-state index in [0.29, 0.717) is 50.8 Å². The number of halogens is 1. The van der Waals surface area contributed by atoms with Crippen molar-refractivity contribution >= 4 is 40.0 Å². The molecule has 0 radical (unpaired) electrons. The van der Waals surface area contributed by atoms with Gasteiger partial charge in [0.15, 0.2) is 5.16 Å². The molecule has 4 aromatic rings. The van der Waals surface area contributed by atoms with Gasteiger partial charge in [-0.25, -0.2) is 4.98 Å². The number of nitro groups is 1. The summed E-state index contributed by atoms with van der Waals surface area (Å²) in [6.45, 7) is 4.75. The summed E-state index contributed by atoms with van der Waals surface area (Å²) in [7, 11) is 0. The SMILES string of the molecule is CC(C)CCn1c(SCc2nnc(-c3ccc([N+](=O)[O-])cc3)o2)nc2cc(Cl)ccc2c1=O. The van der Waals surface area contributed by atoms with Crippen LogP contribution in [0.5, 0.6) is 0 Å². The molecule has 9 nitrogen and oxygen atoms in total. The zero-order valence-corrected chi connectivity index (χ0v) is 19.5. The second kappa shape index (κ2) is 9.72. The Hall–Kier alpha value is -3.24. The monoisotopic (exact) mass is 485 g/mol. The molecule has 0 spiro atoms. The van der Waals surface area contributed by atoms with Gasteiger partial charge in [-0.3, -0.25) is 19.5 Å². The van der Waals surface area contributed by atoms with Crippen molar-refractivity contribution in [3.63, 3.8) is 0 Å². The van der Waals surface area contributed by atoms with Crippen molar-refractivity contribution in [1.82, 2.24) is 19.7 Å². The summed E-state index contributed by atoms with van der Waals surface area (Å²) in [5.41, 5.74) is 0.984. The third kappa shape index (κ3) is 5.23. The maximum atomic E-state index is 13.1. The lowest BCUT2D eigenvalue weighted by atomic mass is 10.1. The van der Waals surface area contributed by atoms with Gasteiger partial charge >= 0.3 is 0 Å². The van der Waals surface area contributed by atoms with Gasteiger partial charge < -0.3 is 4.42 Å². The molecule has 0 atom stereocenters. The van der Waals surface area contributed by atoms with Crippen molar-refractivity contribution in [1.29, 1.82) is 0 Å². The van der Waals surface area contributed by atoms with Crippen molar-refractivity contribution in [2.75, 3.05) is 0 Å². The van der Waals surface area contributed by atoms with Crippen LogP contribution in [0.3, 0.4) is 0 Å². The van der Waals surface area contributed by atoms with E-state index in [1.807, 2.05) is 0 Å². The van der Waals surface area contributed by atoms with Crippen LogP contribution < -0.4 is 5.56 Å². The number of non-ortho nitro benzene ring substituents is 1. The molecule has 0 unspecified atom stereocenters. The fourth-order valence-corrected chi connectivity index (χ4v) is 4.18. The van der Waals surface area contributed by atoms with Crippen molar-refractivity contribution in [3.05, 3.63) is 73.8 Å². The smallest absolute Gasteiger partial charge is 0.269 e. The first-order chi connectivity index (χ1) is 15.8. The molecule has 0 fully saturated rings. The molecular weight excluding hydrogens is 466 g/mol. The lowest BCUT2D eigenvalue weighted by Crippen LogP contribution is -2.24. The van der Waals surface area contributed by atoms with E-state index in [1.54, 1.807) is 34.9 Å². The van der Waals surface area contributed by atoms with E-state index in [1.165, 1.54) is 23.9 Å². The summed E-state index contributed by atoms with van der Waals surface area (Å²) in [4.78, 5) is 28.1. The van der Waals surface area contributed by atoms with Gasteiger partial charge in [0.1, 0.15) is 0 Å². The largest absolute Gasteiger partial charge is 0.420 e. The fourth-order valence-electron chi connectivity index (χ4n) is 3.15. The van der Waals surface area contributed by atoms with E-state index < -0.39 is 4.92 Å². The first kappa shape index (κ1) is 22.9. The van der Waals surface area contributed by atoms with Crippen LogP contribution in [0.1, 0.15) is 26.2 Å². The summed E-state index contributed by atoms with van der Waals surface area (Å²) in [6.07, 6.45) is 0.832. The van der Waals surface area contributed by atoms with Crippen molar-refractivity contribution in [2.24, 2.45) is 5.92 Å². The molecule has 0 N–H and O–H groups in total. The number of aromatic nitrogens is 4. The molecule has 0 aliphatic rings. The third-order valence-electron chi connectivity index (χ3n) is 4.93. The average molecular weight is 486 g/mol. The van der Waals surface area contributed by atoms with Crippen LogP contribution in [-0.4, -0.2) is 24.7 Å². The number of hydrogen-bond acceptors (Lipinski definition) is 8. The second-order valence-electron chi connectivity index (χ2n) is 7.79. The Morgan fingerprint density at radius 2 is 1.94 bits per heavy atom. The van der Waals surface area contributed by atoms with Gasteiger partial charge in [0.25, 0.3) is 11.2 Å². The number of benzene rings is 2. The normalized spacial score (nSPS) is 11.4. The number of hydrogen-bond donors (Lipinski definition) is 0. The van der Waals surface area contributed by atoms with Gasteiger partial charge in [0.05, 0.1) is 21.6 Å². The minimum absolute atomic E-state index is 0.0177. The van der Waals surface area contributed by atoms with E-state index >= 15 is 0 Å². The van der Waals surface area contributed by atoms with Crippen LogP contribution in [0.15, 0.2) is 56.8 Å². The quantitative estimate of drug-likeness (QED) is 0.142. The molecule has 11 heteroatoms. The van der Waals surface area contributed by atoms with Crippen LogP contribution in [0.4, 0.5) is 5.69 Å². The summed E-state index contributed by atoms with van der Waals surface area (Å²) < 4.78 is 7.39. The predicted octanol–water partition coefficient (Wildman–Crippen LogP) is 5.35. The first-order valence-electron chi connectivity index (χ1n) is 10.2. The van der Waals surface area contributed by atoms with Gasteiger partial charge in [-0.15, -0.1) is 10.2 Å². The highest BCUT2D eigenvalue weighted by Gasteiger charge is 2.16. The number of fused-ring (bicyclic) bond motifs is 1. The lowest BCUT2D eigenvalue weighted by molar-refractivity contribution is -0.384. The van der Waals surface area contributed by atoms with Gasteiger partial charge in [-0.05, 0) is 42.7 Å². The molecule has 0 bridgehead atoms. The second-order valence-corrected chi connectivity index (χ2v) is 9.17. The number of rotatable bonds is 8. The Morgan fingerprint density at radius 3 is 2.64 bits per heavy atom. The van der Waals surface area contributed by atoms with E-state index in [4.69, 9.17) is 16.0 Å². The minimum Gasteiger partial charge on any atom is -0.420 e. The highest BCUT2D eigenvalue weighted by Crippen LogP contribution is 2.26. The van der Waals surface area contributed by atoms with E-state index in [2.05, 4.69) is 29.0 Å². The predicted molar refractivity (Wildman–Crippen MR) is 126 cm³/mol. The Kier molecular flexibility index (Phi) is 6.75. The summed E-state index contributed by atoms with van der Waals surface area (Å²) >= 11 is 7.43. The van der Waals surface area contributed by atoms with Crippen LogP contribution in [-0.2, 0) is 12.3 Å². The average Bonchev–Trinajstić information content (AvgIpc) is 3.26. The number of thioether (sulfide) groups is 1. The van der Waals surface area contributed by atoms with Gasteiger partial charge in [-0.2, -0.15) is 0 Å². The van der Waals surface area contributed by atoms with Crippen LogP contribution in [0.25, 0.3) is 22.4 Å². The molecular formula is C22H20ClN5O4S. The zero-order valence-electron chi connectivity index (χ0n) is 17.9. The van der Waals surface area contributed by atoms with Crippen LogP contribution in [0, 0.1) is 16.0 Å². The summed E-state index contributed by atoms with van der Waals surface area (Å²) in [6, 6.07) is 10.9. The molecule has 0 aliphatic carbocycles. The Balaban J connectivity index is 1.59. The zero-order chi connectivity index (χ0) is 23.5. The molecule has 0 amide bonds. The summed E-state index contributed by atoms with van der Waals surface area (Å²) in [5, 5.41) is 20.5. The van der Waals surface area contributed by atoms with E-state index in [9.17, 15) is 14.9 Å². The molecule has 2 aromatic heterocycles. The molecule has 33 heavy (non-hydrogen) atoms. The summed E-state index contributed by atoms with van der Waals surface area (Å²) in [5.74, 6) is 1.34. The van der Waals surface area contributed by atoms with Crippen LogP contribution >= 0.6 is 23.4 Å². The van der Waals surface area contributed by atoms with E-state index in [-0.39, 0.29) is 17.1 Å². The van der Waals surface area contributed by atoms with Crippen molar-refractivity contribution in [2.45, 2.75) is 37.7 Å².